The number of carbonyl (C=O) groups excluding carboxylic acids is 1. The molecule has 1 amide bonds. The van der Waals surface area contributed by atoms with E-state index in [2.05, 4.69) is 26.6 Å². The van der Waals surface area contributed by atoms with Gasteiger partial charge < -0.3 is 10.6 Å². The first-order valence-corrected chi connectivity index (χ1v) is 6.95. The second kappa shape index (κ2) is 5.17. The Labute approximate surface area is 128 Å². The number of rotatable bonds is 2. The number of nitro groups is 1. The van der Waals surface area contributed by atoms with Gasteiger partial charge in [-0.25, -0.2) is 0 Å². The Morgan fingerprint density at radius 1 is 1.14 bits per heavy atom. The summed E-state index contributed by atoms with van der Waals surface area (Å²) in [5.74, 6) is -0.221. The van der Waals surface area contributed by atoms with Crippen molar-refractivity contribution >= 4 is 33.2 Å². The van der Waals surface area contributed by atoms with Crippen LogP contribution >= 0.6 is 15.9 Å². The van der Waals surface area contributed by atoms with E-state index in [-0.39, 0.29) is 11.6 Å². The van der Waals surface area contributed by atoms with Crippen LogP contribution in [0.5, 0.6) is 0 Å². The molecule has 0 bridgehead atoms. The number of non-ortho nitro benzene ring substituents is 1. The summed E-state index contributed by atoms with van der Waals surface area (Å²) in [6, 6.07) is 11.5. The molecule has 2 aromatic carbocycles. The van der Waals surface area contributed by atoms with Gasteiger partial charge in [0, 0.05) is 27.9 Å². The van der Waals surface area contributed by atoms with Crippen molar-refractivity contribution in [2.24, 2.45) is 0 Å². The van der Waals surface area contributed by atoms with Gasteiger partial charge >= 0.3 is 0 Å². The highest BCUT2D eigenvalue weighted by molar-refractivity contribution is 9.10. The van der Waals surface area contributed by atoms with E-state index in [0.717, 1.165) is 4.47 Å². The fraction of sp³-hybridized carbons (Fsp3) is 0.0714. The van der Waals surface area contributed by atoms with Crippen molar-refractivity contribution in [1.29, 1.82) is 0 Å². The number of halogens is 1. The Bertz CT molecular complexity index is 748. The number of amides is 1. The quantitative estimate of drug-likeness (QED) is 0.645. The predicted molar refractivity (Wildman–Crippen MR) is 81.1 cm³/mol. The average Bonchev–Trinajstić information content (AvgIpc) is 2.48. The summed E-state index contributed by atoms with van der Waals surface area (Å²) in [6.45, 7) is 0. The van der Waals surface area contributed by atoms with Gasteiger partial charge in [0.05, 0.1) is 10.5 Å². The molecular weight excluding hydrogens is 338 g/mol. The highest BCUT2D eigenvalue weighted by atomic mass is 79.9. The number of hydrogen-bond donors (Lipinski definition) is 2. The second-order valence-electron chi connectivity index (χ2n) is 4.59. The van der Waals surface area contributed by atoms with Crippen molar-refractivity contribution in [3.8, 4) is 0 Å². The molecule has 106 valence electrons. The molecular formula is C14H10BrN3O3. The van der Waals surface area contributed by atoms with Crippen LogP contribution in [0.3, 0.4) is 0 Å². The first-order valence-electron chi connectivity index (χ1n) is 6.16. The zero-order chi connectivity index (χ0) is 15.0. The van der Waals surface area contributed by atoms with Gasteiger partial charge in [0.15, 0.2) is 0 Å². The van der Waals surface area contributed by atoms with Crippen LogP contribution in [0.25, 0.3) is 0 Å². The van der Waals surface area contributed by atoms with Gasteiger partial charge in [-0.1, -0.05) is 28.1 Å². The third-order valence-corrected chi connectivity index (χ3v) is 3.71. The number of hydrogen-bond acceptors (Lipinski definition) is 4. The normalized spacial score (nSPS) is 16.6. The molecule has 0 aliphatic carbocycles. The maximum atomic E-state index is 12.1. The molecule has 1 aliphatic heterocycles. The van der Waals surface area contributed by atoms with Gasteiger partial charge in [-0.15, -0.1) is 0 Å². The van der Waals surface area contributed by atoms with Gasteiger partial charge in [0.2, 0.25) is 0 Å². The molecule has 1 atom stereocenters. The van der Waals surface area contributed by atoms with Crippen molar-refractivity contribution < 1.29 is 9.72 Å². The van der Waals surface area contributed by atoms with Crippen LogP contribution in [0, 0.1) is 10.1 Å². The van der Waals surface area contributed by atoms with Crippen molar-refractivity contribution in [2.45, 2.75) is 6.17 Å². The molecule has 0 saturated carbocycles. The van der Waals surface area contributed by atoms with E-state index in [1.807, 2.05) is 6.07 Å². The minimum Gasteiger partial charge on any atom is -0.361 e. The molecule has 2 aromatic rings. The SMILES string of the molecule is O=C1NC(c2cccc([N+](=O)[O-])c2)Nc2ccc(Br)cc21. The lowest BCUT2D eigenvalue weighted by atomic mass is 10.1. The van der Waals surface area contributed by atoms with E-state index in [9.17, 15) is 14.9 Å². The van der Waals surface area contributed by atoms with Crippen LogP contribution < -0.4 is 10.6 Å². The standard InChI is InChI=1S/C14H10BrN3O3/c15-9-4-5-12-11(7-9)14(19)17-13(16-12)8-2-1-3-10(6-8)18(20)21/h1-7,13,16H,(H,17,19). The minimum absolute atomic E-state index is 0.00912. The first-order chi connectivity index (χ1) is 10.0. The van der Waals surface area contributed by atoms with Gasteiger partial charge in [-0.05, 0) is 18.2 Å². The first kappa shape index (κ1) is 13.6. The third-order valence-electron chi connectivity index (χ3n) is 3.22. The van der Waals surface area contributed by atoms with Crippen LogP contribution in [-0.4, -0.2) is 10.8 Å². The third kappa shape index (κ3) is 2.59. The Balaban J connectivity index is 1.96. The molecule has 0 radical (unpaired) electrons. The Hall–Kier alpha value is -2.41. The number of nitrogens with zero attached hydrogens (tertiary/aromatic N) is 1. The van der Waals surface area contributed by atoms with Crippen molar-refractivity contribution in [3.05, 3.63) is 68.2 Å². The summed E-state index contributed by atoms with van der Waals surface area (Å²) < 4.78 is 0.812. The molecule has 3 rings (SSSR count). The predicted octanol–water partition coefficient (Wildman–Crippen LogP) is 3.21. The van der Waals surface area contributed by atoms with E-state index in [1.54, 1.807) is 24.3 Å². The second-order valence-corrected chi connectivity index (χ2v) is 5.51. The van der Waals surface area contributed by atoms with Gasteiger partial charge in [0.1, 0.15) is 6.17 Å². The van der Waals surface area contributed by atoms with Gasteiger partial charge in [-0.2, -0.15) is 0 Å². The van der Waals surface area contributed by atoms with Gasteiger partial charge in [-0.3, -0.25) is 14.9 Å². The smallest absolute Gasteiger partial charge is 0.269 e. The fourth-order valence-electron chi connectivity index (χ4n) is 2.22. The molecule has 7 heteroatoms. The monoisotopic (exact) mass is 347 g/mol. The number of nitrogens with one attached hydrogen (secondary N) is 2. The lowest BCUT2D eigenvalue weighted by Gasteiger charge is -2.28. The molecule has 1 unspecified atom stereocenters. The summed E-state index contributed by atoms with van der Waals surface area (Å²) in [4.78, 5) is 22.5. The Morgan fingerprint density at radius 3 is 2.71 bits per heavy atom. The number of anilines is 1. The molecule has 0 saturated heterocycles. The molecule has 1 aliphatic rings. The van der Waals surface area contributed by atoms with E-state index < -0.39 is 11.1 Å². The zero-order valence-electron chi connectivity index (χ0n) is 10.7. The van der Waals surface area contributed by atoms with Crippen LogP contribution in [0.4, 0.5) is 11.4 Å². The van der Waals surface area contributed by atoms with Crippen LogP contribution in [0.1, 0.15) is 22.1 Å². The lowest BCUT2D eigenvalue weighted by molar-refractivity contribution is -0.384. The summed E-state index contributed by atoms with van der Waals surface area (Å²) in [5.41, 5.74) is 1.85. The molecule has 0 aromatic heterocycles. The largest absolute Gasteiger partial charge is 0.361 e. The molecule has 21 heavy (non-hydrogen) atoms. The summed E-state index contributed by atoms with van der Waals surface area (Å²) >= 11 is 3.32. The molecule has 0 spiro atoms. The Morgan fingerprint density at radius 2 is 1.95 bits per heavy atom. The van der Waals surface area contributed by atoms with E-state index in [4.69, 9.17) is 0 Å². The summed E-state index contributed by atoms with van der Waals surface area (Å²) in [5, 5.41) is 16.8. The fourth-order valence-corrected chi connectivity index (χ4v) is 2.58. The number of carbonyl (C=O) groups is 1. The molecule has 6 nitrogen and oxygen atoms in total. The van der Waals surface area contributed by atoms with E-state index in [0.29, 0.717) is 16.8 Å². The van der Waals surface area contributed by atoms with Crippen molar-refractivity contribution in [1.82, 2.24) is 5.32 Å². The Kier molecular flexibility index (Phi) is 3.34. The maximum Gasteiger partial charge on any atom is 0.269 e. The number of nitro benzene ring substituents is 1. The summed E-state index contributed by atoms with van der Waals surface area (Å²) in [6.07, 6.45) is -0.494. The van der Waals surface area contributed by atoms with Crippen LogP contribution in [-0.2, 0) is 0 Å². The topological polar surface area (TPSA) is 84.3 Å². The minimum atomic E-state index is -0.494. The van der Waals surface area contributed by atoms with Crippen LogP contribution in [0.2, 0.25) is 0 Å². The molecule has 2 N–H and O–H groups in total. The molecule has 0 fully saturated rings. The lowest BCUT2D eigenvalue weighted by Crippen LogP contribution is -2.38. The average molecular weight is 348 g/mol. The van der Waals surface area contributed by atoms with Gasteiger partial charge in [0.25, 0.3) is 11.6 Å². The van der Waals surface area contributed by atoms with Crippen molar-refractivity contribution in [2.75, 3.05) is 5.32 Å². The maximum absolute atomic E-state index is 12.1. The van der Waals surface area contributed by atoms with Crippen molar-refractivity contribution in [3.63, 3.8) is 0 Å². The highest BCUT2D eigenvalue weighted by Crippen LogP contribution is 2.29. The highest BCUT2D eigenvalue weighted by Gasteiger charge is 2.25. The summed E-state index contributed by atoms with van der Waals surface area (Å²) in [7, 11) is 0. The molecule has 1 heterocycles. The van der Waals surface area contributed by atoms with E-state index in [1.165, 1.54) is 12.1 Å². The number of benzene rings is 2. The van der Waals surface area contributed by atoms with E-state index >= 15 is 0 Å². The zero-order valence-corrected chi connectivity index (χ0v) is 12.3. The van der Waals surface area contributed by atoms with Crippen LogP contribution in [0.15, 0.2) is 46.9 Å². The number of fused-ring (bicyclic) bond motifs is 1.